The highest BCUT2D eigenvalue weighted by molar-refractivity contribution is 6.05. The van der Waals surface area contributed by atoms with Gasteiger partial charge < -0.3 is 15.0 Å². The number of amides is 2. The SMILES string of the molecule is CC(=O)c1ccc(NC(=O)c2cc(C(=O)N3CCOCC3)ccn2)cc1. The van der Waals surface area contributed by atoms with Gasteiger partial charge in [-0.25, -0.2) is 0 Å². The first-order valence-corrected chi connectivity index (χ1v) is 8.30. The highest BCUT2D eigenvalue weighted by Crippen LogP contribution is 2.13. The van der Waals surface area contributed by atoms with Gasteiger partial charge in [0.15, 0.2) is 5.78 Å². The molecule has 1 N–H and O–H groups in total. The van der Waals surface area contributed by atoms with Crippen LogP contribution in [0.4, 0.5) is 5.69 Å². The Hall–Kier alpha value is -3.06. The molecule has 0 bridgehead atoms. The number of morpholine rings is 1. The van der Waals surface area contributed by atoms with E-state index < -0.39 is 5.91 Å². The van der Waals surface area contributed by atoms with Crippen LogP contribution in [0, 0.1) is 0 Å². The molecule has 1 fully saturated rings. The van der Waals surface area contributed by atoms with Gasteiger partial charge in [0.2, 0.25) is 0 Å². The molecule has 1 aromatic heterocycles. The Bertz CT molecular complexity index is 827. The summed E-state index contributed by atoms with van der Waals surface area (Å²) in [6.45, 7) is 3.58. The molecule has 0 atom stereocenters. The average molecular weight is 353 g/mol. The zero-order valence-electron chi connectivity index (χ0n) is 14.4. The molecule has 0 unspecified atom stereocenters. The third kappa shape index (κ3) is 4.12. The van der Waals surface area contributed by atoms with Crippen molar-refractivity contribution in [1.82, 2.24) is 9.88 Å². The van der Waals surface area contributed by atoms with Crippen LogP contribution in [-0.4, -0.2) is 53.8 Å². The number of hydrogen-bond acceptors (Lipinski definition) is 5. The fraction of sp³-hybridized carbons (Fsp3) is 0.263. The molecule has 1 aliphatic rings. The Kier molecular flexibility index (Phi) is 5.38. The van der Waals surface area contributed by atoms with Crippen molar-refractivity contribution in [3.63, 3.8) is 0 Å². The normalized spacial score (nSPS) is 14.0. The van der Waals surface area contributed by atoms with Crippen molar-refractivity contribution in [2.24, 2.45) is 0 Å². The number of aromatic nitrogens is 1. The summed E-state index contributed by atoms with van der Waals surface area (Å²) in [7, 11) is 0. The minimum atomic E-state index is -0.419. The molecular weight excluding hydrogens is 334 g/mol. The molecule has 1 saturated heterocycles. The summed E-state index contributed by atoms with van der Waals surface area (Å²) < 4.78 is 5.25. The van der Waals surface area contributed by atoms with Crippen molar-refractivity contribution in [1.29, 1.82) is 0 Å². The minimum Gasteiger partial charge on any atom is -0.378 e. The Morgan fingerprint density at radius 1 is 1.04 bits per heavy atom. The van der Waals surface area contributed by atoms with Crippen LogP contribution in [0.25, 0.3) is 0 Å². The summed E-state index contributed by atoms with van der Waals surface area (Å²) in [6, 6.07) is 9.66. The number of rotatable bonds is 4. The van der Waals surface area contributed by atoms with Crippen LogP contribution in [0.2, 0.25) is 0 Å². The van der Waals surface area contributed by atoms with Crippen molar-refractivity contribution in [3.05, 3.63) is 59.4 Å². The van der Waals surface area contributed by atoms with E-state index in [-0.39, 0.29) is 17.4 Å². The number of ether oxygens (including phenoxy) is 1. The van der Waals surface area contributed by atoms with Crippen molar-refractivity contribution in [2.75, 3.05) is 31.6 Å². The maximum atomic E-state index is 12.5. The van der Waals surface area contributed by atoms with E-state index in [0.29, 0.717) is 43.1 Å². The summed E-state index contributed by atoms with van der Waals surface area (Å²) in [5.74, 6) is -0.605. The molecule has 7 heteroatoms. The third-order valence-electron chi connectivity index (χ3n) is 4.09. The third-order valence-corrected chi connectivity index (χ3v) is 4.09. The minimum absolute atomic E-state index is 0.0427. The lowest BCUT2D eigenvalue weighted by Crippen LogP contribution is -2.40. The zero-order chi connectivity index (χ0) is 18.5. The van der Waals surface area contributed by atoms with E-state index >= 15 is 0 Å². The zero-order valence-corrected chi connectivity index (χ0v) is 14.4. The number of benzene rings is 1. The van der Waals surface area contributed by atoms with Crippen molar-refractivity contribution < 1.29 is 19.1 Å². The molecule has 2 aromatic rings. The number of anilines is 1. The fourth-order valence-corrected chi connectivity index (χ4v) is 2.62. The second-order valence-corrected chi connectivity index (χ2v) is 5.92. The molecule has 1 aliphatic heterocycles. The van der Waals surface area contributed by atoms with Gasteiger partial charge in [-0.2, -0.15) is 0 Å². The lowest BCUT2D eigenvalue weighted by molar-refractivity contribution is 0.0303. The standard InChI is InChI=1S/C19H19N3O4/c1-13(23)14-2-4-16(5-3-14)21-18(24)17-12-15(6-7-20-17)19(25)22-8-10-26-11-9-22/h2-7,12H,8-11H2,1H3,(H,21,24). The fourth-order valence-electron chi connectivity index (χ4n) is 2.62. The predicted molar refractivity (Wildman–Crippen MR) is 95.4 cm³/mol. The molecule has 2 heterocycles. The van der Waals surface area contributed by atoms with E-state index in [1.54, 1.807) is 35.2 Å². The quantitative estimate of drug-likeness (QED) is 0.850. The average Bonchev–Trinajstić information content (AvgIpc) is 2.68. The second kappa shape index (κ2) is 7.88. The van der Waals surface area contributed by atoms with E-state index in [9.17, 15) is 14.4 Å². The first-order valence-electron chi connectivity index (χ1n) is 8.30. The van der Waals surface area contributed by atoms with Crippen LogP contribution in [0.1, 0.15) is 38.1 Å². The van der Waals surface area contributed by atoms with Crippen molar-refractivity contribution >= 4 is 23.3 Å². The topological polar surface area (TPSA) is 88.6 Å². The molecule has 0 spiro atoms. The van der Waals surface area contributed by atoms with Crippen molar-refractivity contribution in [2.45, 2.75) is 6.92 Å². The second-order valence-electron chi connectivity index (χ2n) is 5.92. The highest BCUT2D eigenvalue weighted by atomic mass is 16.5. The van der Waals surface area contributed by atoms with Crippen LogP contribution in [0.15, 0.2) is 42.6 Å². The smallest absolute Gasteiger partial charge is 0.274 e. The van der Waals surface area contributed by atoms with Gasteiger partial charge in [-0.15, -0.1) is 0 Å². The largest absolute Gasteiger partial charge is 0.378 e. The Balaban J connectivity index is 1.71. The van der Waals surface area contributed by atoms with E-state index in [4.69, 9.17) is 4.74 Å². The van der Waals surface area contributed by atoms with Gasteiger partial charge in [-0.05, 0) is 43.3 Å². The van der Waals surface area contributed by atoms with Crippen molar-refractivity contribution in [3.8, 4) is 0 Å². The summed E-state index contributed by atoms with van der Waals surface area (Å²) in [4.78, 5) is 41.9. The van der Waals surface area contributed by atoms with Gasteiger partial charge in [-0.3, -0.25) is 19.4 Å². The molecule has 134 valence electrons. The van der Waals surface area contributed by atoms with Crippen LogP contribution < -0.4 is 5.32 Å². The lowest BCUT2D eigenvalue weighted by Gasteiger charge is -2.26. The number of hydrogen-bond donors (Lipinski definition) is 1. The number of Topliss-reactive ketones (excluding diaryl/α,β-unsaturated/α-hetero) is 1. The number of ketones is 1. The molecule has 7 nitrogen and oxygen atoms in total. The van der Waals surface area contributed by atoms with E-state index in [1.165, 1.54) is 19.2 Å². The number of carbonyl (C=O) groups excluding carboxylic acids is 3. The molecule has 0 aliphatic carbocycles. The molecular formula is C19H19N3O4. The maximum absolute atomic E-state index is 12.5. The van der Waals surface area contributed by atoms with Gasteiger partial charge in [0.05, 0.1) is 13.2 Å². The van der Waals surface area contributed by atoms with E-state index in [1.807, 2.05) is 0 Å². The Morgan fingerprint density at radius 3 is 2.38 bits per heavy atom. The summed E-state index contributed by atoms with van der Waals surface area (Å²) in [6.07, 6.45) is 1.45. The monoisotopic (exact) mass is 353 g/mol. The van der Waals surface area contributed by atoms with Gasteiger partial charge in [0, 0.05) is 36.1 Å². The molecule has 26 heavy (non-hydrogen) atoms. The number of carbonyl (C=O) groups is 3. The van der Waals surface area contributed by atoms with Gasteiger partial charge in [-0.1, -0.05) is 0 Å². The van der Waals surface area contributed by atoms with Gasteiger partial charge in [0.25, 0.3) is 11.8 Å². The molecule has 0 radical (unpaired) electrons. The highest BCUT2D eigenvalue weighted by Gasteiger charge is 2.20. The summed E-state index contributed by atoms with van der Waals surface area (Å²) in [5, 5.41) is 2.71. The van der Waals surface area contributed by atoms with Gasteiger partial charge in [0.1, 0.15) is 5.69 Å². The van der Waals surface area contributed by atoms with Gasteiger partial charge >= 0.3 is 0 Å². The van der Waals surface area contributed by atoms with E-state index in [2.05, 4.69) is 10.3 Å². The lowest BCUT2D eigenvalue weighted by atomic mass is 10.1. The van der Waals surface area contributed by atoms with Crippen LogP contribution in [0.5, 0.6) is 0 Å². The predicted octanol–water partition coefficient (Wildman–Crippen LogP) is 2.01. The molecule has 1 aromatic carbocycles. The molecule has 2 amide bonds. The van der Waals surface area contributed by atoms with E-state index in [0.717, 1.165) is 0 Å². The van der Waals surface area contributed by atoms with Crippen LogP contribution in [0.3, 0.4) is 0 Å². The summed E-state index contributed by atoms with van der Waals surface area (Å²) in [5.41, 5.74) is 1.68. The number of nitrogens with one attached hydrogen (secondary N) is 1. The first-order chi connectivity index (χ1) is 12.5. The van der Waals surface area contributed by atoms with Crippen LogP contribution >= 0.6 is 0 Å². The Labute approximate surface area is 151 Å². The van der Waals surface area contributed by atoms with Crippen LogP contribution in [-0.2, 0) is 4.74 Å². The maximum Gasteiger partial charge on any atom is 0.274 e. The Morgan fingerprint density at radius 2 is 1.73 bits per heavy atom. The molecule has 3 rings (SSSR count). The molecule has 0 saturated carbocycles. The first kappa shape index (κ1) is 17.8. The summed E-state index contributed by atoms with van der Waals surface area (Å²) >= 11 is 0. The number of pyridine rings is 1. The number of nitrogens with zero attached hydrogens (tertiary/aromatic N) is 2.